The molecule has 1 aromatic carbocycles. The maximum atomic E-state index is 11.3. The molecule has 0 unspecified atom stereocenters. The number of aromatic nitrogens is 3. The van der Waals surface area contributed by atoms with Crippen molar-refractivity contribution in [1.82, 2.24) is 15.0 Å². The smallest absolute Gasteiger partial charge is 0.181 e. The second-order valence-electron chi connectivity index (χ2n) is 4.46. The Bertz CT molecular complexity index is 573. The Labute approximate surface area is 112 Å². The second-order valence-corrected chi connectivity index (χ2v) is 4.46. The molecule has 0 N–H and O–H groups in total. The highest BCUT2D eigenvalue weighted by atomic mass is 16.5. The van der Waals surface area contributed by atoms with Crippen molar-refractivity contribution in [3.05, 3.63) is 41.2 Å². The van der Waals surface area contributed by atoms with Gasteiger partial charge in [0.2, 0.25) is 0 Å². The zero-order valence-corrected chi connectivity index (χ0v) is 11.4. The van der Waals surface area contributed by atoms with Crippen LogP contribution >= 0.6 is 0 Å². The molecule has 5 nitrogen and oxygen atoms in total. The SMILES string of the molecule is CC(=O)c1nnn(CCOc2ccc(C)cc2)c1C. The maximum Gasteiger partial charge on any atom is 0.181 e. The highest BCUT2D eigenvalue weighted by Gasteiger charge is 2.11. The van der Waals surface area contributed by atoms with Gasteiger partial charge in [0.25, 0.3) is 0 Å². The summed E-state index contributed by atoms with van der Waals surface area (Å²) in [7, 11) is 0. The molecule has 0 radical (unpaired) electrons. The molecule has 19 heavy (non-hydrogen) atoms. The summed E-state index contributed by atoms with van der Waals surface area (Å²) in [5, 5.41) is 7.81. The topological polar surface area (TPSA) is 57.0 Å². The molecule has 0 saturated heterocycles. The van der Waals surface area contributed by atoms with Crippen molar-refractivity contribution in [2.45, 2.75) is 27.3 Å². The highest BCUT2D eigenvalue weighted by molar-refractivity contribution is 5.92. The van der Waals surface area contributed by atoms with Crippen molar-refractivity contribution in [3.8, 4) is 5.75 Å². The summed E-state index contributed by atoms with van der Waals surface area (Å²) in [5.74, 6) is 0.762. The van der Waals surface area contributed by atoms with Crippen molar-refractivity contribution < 1.29 is 9.53 Å². The Hall–Kier alpha value is -2.17. The zero-order valence-electron chi connectivity index (χ0n) is 11.4. The number of aryl methyl sites for hydroxylation is 1. The molecular weight excluding hydrogens is 242 g/mol. The average Bonchev–Trinajstić information content (AvgIpc) is 2.74. The molecule has 2 aromatic rings. The van der Waals surface area contributed by atoms with Crippen molar-refractivity contribution in [2.75, 3.05) is 6.61 Å². The van der Waals surface area contributed by atoms with E-state index in [9.17, 15) is 4.79 Å². The van der Waals surface area contributed by atoms with E-state index < -0.39 is 0 Å². The van der Waals surface area contributed by atoms with Crippen LogP contribution in [0, 0.1) is 13.8 Å². The Balaban J connectivity index is 1.92. The quantitative estimate of drug-likeness (QED) is 0.772. The third-order valence-electron chi connectivity index (χ3n) is 2.91. The van der Waals surface area contributed by atoms with Crippen LogP contribution in [0.4, 0.5) is 0 Å². The van der Waals surface area contributed by atoms with E-state index in [1.165, 1.54) is 12.5 Å². The van der Waals surface area contributed by atoms with E-state index in [0.29, 0.717) is 18.8 Å². The van der Waals surface area contributed by atoms with Crippen molar-refractivity contribution >= 4 is 5.78 Å². The molecule has 2 rings (SSSR count). The van der Waals surface area contributed by atoms with Gasteiger partial charge >= 0.3 is 0 Å². The Morgan fingerprint density at radius 2 is 1.95 bits per heavy atom. The van der Waals surface area contributed by atoms with Crippen LogP contribution in [0.25, 0.3) is 0 Å². The maximum absolute atomic E-state index is 11.3. The molecule has 0 fully saturated rings. The Kier molecular flexibility index (Phi) is 3.94. The number of nitrogens with zero attached hydrogens (tertiary/aromatic N) is 3. The number of ketones is 1. The van der Waals surface area contributed by atoms with Crippen LogP contribution in [0.15, 0.2) is 24.3 Å². The molecule has 0 atom stereocenters. The van der Waals surface area contributed by atoms with Gasteiger partial charge in [-0.15, -0.1) is 5.10 Å². The third kappa shape index (κ3) is 3.19. The molecular formula is C14H17N3O2. The number of benzene rings is 1. The van der Waals surface area contributed by atoms with Crippen LogP contribution < -0.4 is 4.74 Å². The number of Topliss-reactive ketones (excluding diaryl/α,β-unsaturated/α-hetero) is 1. The van der Waals surface area contributed by atoms with Gasteiger partial charge in [-0.3, -0.25) is 4.79 Å². The van der Waals surface area contributed by atoms with Gasteiger partial charge in [0, 0.05) is 6.92 Å². The van der Waals surface area contributed by atoms with Crippen molar-refractivity contribution in [1.29, 1.82) is 0 Å². The number of ether oxygens (including phenoxy) is 1. The van der Waals surface area contributed by atoms with E-state index in [1.807, 2.05) is 38.1 Å². The summed E-state index contributed by atoms with van der Waals surface area (Å²) >= 11 is 0. The summed E-state index contributed by atoms with van der Waals surface area (Å²) in [5.41, 5.74) is 2.40. The fourth-order valence-corrected chi connectivity index (χ4v) is 1.78. The first-order valence-electron chi connectivity index (χ1n) is 6.18. The molecule has 0 aliphatic rings. The van der Waals surface area contributed by atoms with Crippen molar-refractivity contribution in [3.63, 3.8) is 0 Å². The van der Waals surface area contributed by atoms with E-state index in [4.69, 9.17) is 4.74 Å². The lowest BCUT2D eigenvalue weighted by Gasteiger charge is -2.07. The number of hydrogen-bond donors (Lipinski definition) is 0. The summed E-state index contributed by atoms with van der Waals surface area (Å²) in [6.45, 7) is 6.42. The summed E-state index contributed by atoms with van der Waals surface area (Å²) < 4.78 is 7.30. The first-order valence-corrected chi connectivity index (χ1v) is 6.18. The Morgan fingerprint density at radius 3 is 2.53 bits per heavy atom. The van der Waals surface area contributed by atoms with Gasteiger partial charge in [-0.25, -0.2) is 4.68 Å². The number of carbonyl (C=O) groups excluding carboxylic acids is 1. The van der Waals surface area contributed by atoms with Gasteiger partial charge in [-0.1, -0.05) is 22.9 Å². The van der Waals surface area contributed by atoms with E-state index in [2.05, 4.69) is 10.3 Å². The summed E-state index contributed by atoms with van der Waals surface area (Å²) in [6.07, 6.45) is 0. The van der Waals surface area contributed by atoms with Crippen LogP contribution in [-0.2, 0) is 6.54 Å². The summed E-state index contributed by atoms with van der Waals surface area (Å²) in [4.78, 5) is 11.3. The number of hydrogen-bond acceptors (Lipinski definition) is 4. The van der Waals surface area contributed by atoms with Crippen LogP contribution in [0.2, 0.25) is 0 Å². The highest BCUT2D eigenvalue weighted by Crippen LogP contribution is 2.11. The van der Waals surface area contributed by atoms with Gasteiger partial charge in [0.15, 0.2) is 11.5 Å². The number of rotatable bonds is 5. The van der Waals surface area contributed by atoms with E-state index in [1.54, 1.807) is 4.68 Å². The first kappa shape index (κ1) is 13.3. The van der Waals surface area contributed by atoms with Crippen LogP contribution in [-0.4, -0.2) is 27.4 Å². The molecule has 0 aliphatic heterocycles. The molecule has 5 heteroatoms. The van der Waals surface area contributed by atoms with Gasteiger partial charge in [-0.2, -0.15) is 0 Å². The molecule has 0 saturated carbocycles. The van der Waals surface area contributed by atoms with Crippen LogP contribution in [0.3, 0.4) is 0 Å². The predicted octanol–water partition coefficient (Wildman–Crippen LogP) is 2.18. The molecule has 0 amide bonds. The average molecular weight is 259 g/mol. The first-order chi connectivity index (χ1) is 9.08. The predicted molar refractivity (Wildman–Crippen MR) is 71.4 cm³/mol. The van der Waals surface area contributed by atoms with E-state index >= 15 is 0 Å². The normalized spacial score (nSPS) is 10.5. The lowest BCUT2D eigenvalue weighted by molar-refractivity contribution is 0.101. The fraction of sp³-hybridized carbons (Fsp3) is 0.357. The minimum Gasteiger partial charge on any atom is -0.492 e. The third-order valence-corrected chi connectivity index (χ3v) is 2.91. The molecule has 1 heterocycles. The molecule has 0 bridgehead atoms. The fourth-order valence-electron chi connectivity index (χ4n) is 1.78. The minimum absolute atomic E-state index is 0.0665. The molecule has 0 aliphatic carbocycles. The lowest BCUT2D eigenvalue weighted by Crippen LogP contribution is -2.11. The standard InChI is InChI=1S/C14H17N3O2/c1-10-4-6-13(7-5-10)19-9-8-17-11(2)14(12(3)18)15-16-17/h4-7H,8-9H2,1-3H3. The van der Waals surface area contributed by atoms with E-state index in [-0.39, 0.29) is 5.78 Å². The van der Waals surface area contributed by atoms with Gasteiger partial charge in [-0.05, 0) is 26.0 Å². The lowest BCUT2D eigenvalue weighted by atomic mass is 10.2. The molecule has 0 spiro atoms. The monoisotopic (exact) mass is 259 g/mol. The molecule has 1 aromatic heterocycles. The Morgan fingerprint density at radius 1 is 1.26 bits per heavy atom. The molecule has 100 valence electrons. The zero-order chi connectivity index (χ0) is 13.8. The minimum atomic E-state index is -0.0665. The second kappa shape index (κ2) is 5.65. The van der Waals surface area contributed by atoms with Gasteiger partial charge < -0.3 is 4.74 Å². The van der Waals surface area contributed by atoms with E-state index in [0.717, 1.165) is 11.4 Å². The van der Waals surface area contributed by atoms with Crippen molar-refractivity contribution in [2.24, 2.45) is 0 Å². The van der Waals surface area contributed by atoms with Gasteiger partial charge in [0.1, 0.15) is 12.4 Å². The van der Waals surface area contributed by atoms with Gasteiger partial charge in [0.05, 0.1) is 12.2 Å². The number of carbonyl (C=O) groups is 1. The van der Waals surface area contributed by atoms with Crippen LogP contribution in [0.5, 0.6) is 5.75 Å². The summed E-state index contributed by atoms with van der Waals surface area (Å²) in [6, 6.07) is 7.88. The largest absolute Gasteiger partial charge is 0.492 e. The van der Waals surface area contributed by atoms with Crippen LogP contribution in [0.1, 0.15) is 28.7 Å².